The van der Waals surface area contributed by atoms with Crippen molar-refractivity contribution in [3.8, 4) is 0 Å². The van der Waals surface area contributed by atoms with Gasteiger partial charge in [-0.15, -0.1) is 21.5 Å². The summed E-state index contributed by atoms with van der Waals surface area (Å²) in [6.07, 6.45) is 0. The number of carbonyl (C=O) groups excluding carboxylic acids is 1. The number of aromatic nitrogens is 3. The van der Waals surface area contributed by atoms with Crippen LogP contribution in [0.5, 0.6) is 0 Å². The van der Waals surface area contributed by atoms with Gasteiger partial charge >= 0.3 is 0 Å². The van der Waals surface area contributed by atoms with Crippen molar-refractivity contribution >= 4 is 62.2 Å². The van der Waals surface area contributed by atoms with E-state index >= 15 is 0 Å². The average molecular weight is 447 g/mol. The summed E-state index contributed by atoms with van der Waals surface area (Å²) in [6, 6.07) is 13.8. The fourth-order valence-electron chi connectivity index (χ4n) is 2.43. The van der Waals surface area contributed by atoms with Crippen molar-refractivity contribution < 1.29 is 4.79 Å². The van der Waals surface area contributed by atoms with E-state index in [1.54, 1.807) is 23.1 Å². The molecule has 1 amide bonds. The number of amides is 1. The minimum Gasteiger partial charge on any atom is -0.346 e. The zero-order valence-electron chi connectivity index (χ0n) is 14.8. The van der Waals surface area contributed by atoms with Crippen LogP contribution in [0.15, 0.2) is 46.8 Å². The van der Waals surface area contributed by atoms with Crippen LogP contribution in [0.2, 0.25) is 5.02 Å². The Morgan fingerprint density at radius 3 is 2.79 bits per heavy atom. The summed E-state index contributed by atoms with van der Waals surface area (Å²) in [4.78, 5) is 16.9. The molecule has 0 unspecified atom stereocenters. The topological polar surface area (TPSA) is 67.8 Å². The maximum absolute atomic E-state index is 12.3. The Hall–Kier alpha value is -2.00. The molecule has 142 valence electrons. The number of fused-ring (bicyclic) bond motifs is 1. The third-order valence-corrected chi connectivity index (χ3v) is 7.41. The lowest BCUT2D eigenvalue weighted by molar-refractivity contribution is 0.0950. The molecule has 2 aromatic carbocycles. The smallest absolute Gasteiger partial charge is 0.282 e. The van der Waals surface area contributed by atoms with E-state index in [1.165, 1.54) is 16.9 Å². The first-order valence-electron chi connectivity index (χ1n) is 8.42. The SMILES string of the molecule is Cc1ccc(CNC(=O)c2nnc(CSc3nc4cc(Cl)ccc4s3)s2)cc1. The zero-order chi connectivity index (χ0) is 19.5. The van der Waals surface area contributed by atoms with Gasteiger partial charge in [0.15, 0.2) is 4.34 Å². The molecule has 0 aliphatic heterocycles. The van der Waals surface area contributed by atoms with Crippen molar-refractivity contribution in [2.45, 2.75) is 23.6 Å². The summed E-state index contributed by atoms with van der Waals surface area (Å²) in [6.45, 7) is 2.50. The molecule has 4 aromatic rings. The Kier molecular flexibility index (Phi) is 5.91. The lowest BCUT2D eigenvalue weighted by atomic mass is 10.1. The van der Waals surface area contributed by atoms with Crippen LogP contribution >= 0.6 is 46.0 Å². The summed E-state index contributed by atoms with van der Waals surface area (Å²) >= 11 is 10.5. The van der Waals surface area contributed by atoms with Gasteiger partial charge in [0, 0.05) is 11.6 Å². The number of carbonyl (C=O) groups is 1. The van der Waals surface area contributed by atoms with E-state index in [0.29, 0.717) is 22.3 Å². The summed E-state index contributed by atoms with van der Waals surface area (Å²) in [5, 5.41) is 12.9. The number of hydrogen-bond acceptors (Lipinski definition) is 7. The number of thioether (sulfide) groups is 1. The summed E-state index contributed by atoms with van der Waals surface area (Å²) in [7, 11) is 0. The molecular weight excluding hydrogens is 432 g/mol. The standard InChI is InChI=1S/C19H15ClN4OS3/c1-11-2-4-12(5-3-11)9-21-17(25)18-24-23-16(28-18)10-26-19-22-14-8-13(20)6-7-15(14)27-19/h2-8H,9-10H2,1H3,(H,21,25). The van der Waals surface area contributed by atoms with Gasteiger partial charge in [-0.25, -0.2) is 4.98 Å². The predicted octanol–water partition coefficient (Wildman–Crippen LogP) is 5.33. The van der Waals surface area contributed by atoms with Gasteiger partial charge in [0.25, 0.3) is 5.91 Å². The molecular formula is C19H15ClN4OS3. The average Bonchev–Trinajstić information content (AvgIpc) is 3.32. The van der Waals surface area contributed by atoms with Gasteiger partial charge < -0.3 is 5.32 Å². The van der Waals surface area contributed by atoms with Crippen molar-refractivity contribution in [2.24, 2.45) is 0 Å². The maximum Gasteiger partial charge on any atom is 0.282 e. The van der Waals surface area contributed by atoms with Gasteiger partial charge in [-0.3, -0.25) is 4.79 Å². The Labute approximate surface area is 179 Å². The van der Waals surface area contributed by atoms with E-state index in [1.807, 2.05) is 49.4 Å². The molecule has 5 nitrogen and oxygen atoms in total. The third kappa shape index (κ3) is 4.70. The number of aryl methyl sites for hydroxylation is 1. The van der Waals surface area contributed by atoms with Crippen molar-refractivity contribution in [3.05, 3.63) is 68.6 Å². The van der Waals surface area contributed by atoms with Crippen LogP contribution in [-0.4, -0.2) is 21.1 Å². The lowest BCUT2D eigenvalue weighted by Gasteiger charge is -2.03. The van der Waals surface area contributed by atoms with Crippen LogP contribution < -0.4 is 5.32 Å². The molecule has 0 aliphatic rings. The Balaban J connectivity index is 1.34. The number of halogens is 1. The van der Waals surface area contributed by atoms with E-state index in [2.05, 4.69) is 20.5 Å². The summed E-state index contributed by atoms with van der Waals surface area (Å²) < 4.78 is 2.04. The predicted molar refractivity (Wildman–Crippen MR) is 116 cm³/mol. The molecule has 0 radical (unpaired) electrons. The van der Waals surface area contributed by atoms with Crippen molar-refractivity contribution in [2.75, 3.05) is 0 Å². The molecule has 2 heterocycles. The van der Waals surface area contributed by atoms with Gasteiger partial charge in [0.2, 0.25) is 5.01 Å². The second-order valence-corrected chi connectivity index (χ2v) is 9.80. The van der Waals surface area contributed by atoms with Crippen LogP contribution in [0.25, 0.3) is 10.2 Å². The quantitative estimate of drug-likeness (QED) is 0.405. The van der Waals surface area contributed by atoms with E-state index < -0.39 is 0 Å². The fourth-order valence-corrected chi connectivity index (χ4v) is 5.39. The minimum absolute atomic E-state index is 0.205. The summed E-state index contributed by atoms with van der Waals surface area (Å²) in [5.41, 5.74) is 3.14. The van der Waals surface area contributed by atoms with Crippen LogP contribution in [0, 0.1) is 6.92 Å². The van der Waals surface area contributed by atoms with Crippen molar-refractivity contribution in [1.82, 2.24) is 20.5 Å². The fraction of sp³-hybridized carbons (Fsp3) is 0.158. The van der Waals surface area contributed by atoms with Crippen molar-refractivity contribution in [3.63, 3.8) is 0 Å². The first-order chi connectivity index (χ1) is 13.6. The number of rotatable bonds is 6. The highest BCUT2D eigenvalue weighted by Crippen LogP contribution is 2.33. The summed E-state index contributed by atoms with van der Waals surface area (Å²) in [5.74, 6) is 0.417. The van der Waals surface area contributed by atoms with E-state index in [4.69, 9.17) is 11.6 Å². The Morgan fingerprint density at radius 1 is 1.14 bits per heavy atom. The molecule has 0 aliphatic carbocycles. The molecule has 0 fully saturated rings. The highest BCUT2D eigenvalue weighted by Gasteiger charge is 2.14. The first-order valence-corrected chi connectivity index (χ1v) is 11.4. The number of hydrogen-bond donors (Lipinski definition) is 1. The molecule has 0 saturated heterocycles. The highest BCUT2D eigenvalue weighted by atomic mass is 35.5. The number of nitrogens with one attached hydrogen (secondary N) is 1. The number of nitrogens with zero attached hydrogens (tertiary/aromatic N) is 3. The molecule has 0 atom stereocenters. The van der Waals surface area contributed by atoms with Crippen molar-refractivity contribution in [1.29, 1.82) is 0 Å². The highest BCUT2D eigenvalue weighted by molar-refractivity contribution is 8.00. The normalized spacial score (nSPS) is 11.1. The van der Waals surface area contributed by atoms with Gasteiger partial charge in [0.05, 0.1) is 16.0 Å². The first kappa shape index (κ1) is 19.3. The number of benzene rings is 2. The molecule has 4 rings (SSSR count). The zero-order valence-corrected chi connectivity index (χ0v) is 18.0. The van der Waals surface area contributed by atoms with Gasteiger partial charge in [-0.2, -0.15) is 0 Å². The van der Waals surface area contributed by atoms with Crippen LogP contribution in [0.3, 0.4) is 0 Å². The number of thiazole rings is 1. The van der Waals surface area contributed by atoms with E-state index in [0.717, 1.165) is 25.1 Å². The van der Waals surface area contributed by atoms with Gasteiger partial charge in [0.1, 0.15) is 5.01 Å². The Morgan fingerprint density at radius 2 is 1.96 bits per heavy atom. The molecule has 0 spiro atoms. The van der Waals surface area contributed by atoms with E-state index in [9.17, 15) is 4.79 Å². The van der Waals surface area contributed by atoms with Crippen LogP contribution in [-0.2, 0) is 12.3 Å². The van der Waals surface area contributed by atoms with Crippen LogP contribution in [0.4, 0.5) is 0 Å². The third-order valence-electron chi connectivity index (χ3n) is 3.88. The molecule has 0 bridgehead atoms. The van der Waals surface area contributed by atoms with Gasteiger partial charge in [-0.05, 0) is 30.7 Å². The second kappa shape index (κ2) is 8.57. The molecule has 1 N–H and O–H groups in total. The maximum atomic E-state index is 12.3. The lowest BCUT2D eigenvalue weighted by Crippen LogP contribution is -2.22. The second-order valence-electron chi connectivity index (χ2n) is 6.05. The monoisotopic (exact) mass is 446 g/mol. The molecule has 2 aromatic heterocycles. The molecule has 28 heavy (non-hydrogen) atoms. The minimum atomic E-state index is -0.205. The molecule has 0 saturated carbocycles. The van der Waals surface area contributed by atoms with E-state index in [-0.39, 0.29) is 5.91 Å². The molecule has 9 heteroatoms. The van der Waals surface area contributed by atoms with Gasteiger partial charge in [-0.1, -0.05) is 64.5 Å². The largest absolute Gasteiger partial charge is 0.346 e. The van der Waals surface area contributed by atoms with Crippen LogP contribution in [0.1, 0.15) is 25.9 Å². The Bertz CT molecular complexity index is 1120.